The predicted octanol–water partition coefficient (Wildman–Crippen LogP) is 2.55. The molecule has 0 aromatic carbocycles. The average molecular weight is 356 g/mol. The number of carbonyl (C=O) groups excluding carboxylic acids is 2. The van der Waals surface area contributed by atoms with Gasteiger partial charge in [0.15, 0.2) is 10.9 Å². The molecule has 1 aromatic rings. The summed E-state index contributed by atoms with van der Waals surface area (Å²) in [6.07, 6.45) is 6.73. The second kappa shape index (κ2) is 11.7. The second-order valence-electron chi connectivity index (χ2n) is 5.20. The Morgan fingerprint density at radius 2 is 1.92 bits per heavy atom. The fraction of sp³-hybridized carbons (Fsp3) is 0.625. The molecule has 0 saturated carbocycles. The molecule has 0 unspecified atom stereocenters. The zero-order valence-corrected chi connectivity index (χ0v) is 14.9. The highest BCUT2D eigenvalue weighted by molar-refractivity contribution is 7.99. The maximum absolute atomic E-state index is 11.7. The van der Waals surface area contributed by atoms with Crippen LogP contribution >= 0.6 is 11.8 Å². The lowest BCUT2D eigenvalue weighted by molar-refractivity contribution is -0.140. The smallest absolute Gasteiger partial charge is 0.356 e. The fourth-order valence-corrected chi connectivity index (χ4v) is 2.62. The van der Waals surface area contributed by atoms with Gasteiger partial charge in [0.25, 0.3) is 5.56 Å². The number of carbonyl (C=O) groups is 2. The van der Waals surface area contributed by atoms with Crippen molar-refractivity contribution in [1.82, 2.24) is 9.97 Å². The van der Waals surface area contributed by atoms with Crippen molar-refractivity contribution < 1.29 is 19.1 Å². The number of aromatic nitrogens is 2. The van der Waals surface area contributed by atoms with Crippen LogP contribution < -0.4 is 5.56 Å². The van der Waals surface area contributed by atoms with E-state index in [-0.39, 0.29) is 22.6 Å². The van der Waals surface area contributed by atoms with Crippen molar-refractivity contribution >= 4 is 23.7 Å². The van der Waals surface area contributed by atoms with Gasteiger partial charge in [-0.25, -0.2) is 9.78 Å². The highest BCUT2D eigenvalue weighted by Crippen LogP contribution is 2.12. The summed E-state index contributed by atoms with van der Waals surface area (Å²) in [7, 11) is 1.21. The second-order valence-corrected chi connectivity index (χ2v) is 6.17. The van der Waals surface area contributed by atoms with Gasteiger partial charge in [-0.15, -0.1) is 0 Å². The van der Waals surface area contributed by atoms with Crippen LogP contribution in [0.3, 0.4) is 0 Å². The minimum atomic E-state index is -0.700. The van der Waals surface area contributed by atoms with Crippen LogP contribution in [0, 0.1) is 0 Å². The molecule has 7 nitrogen and oxygen atoms in total. The van der Waals surface area contributed by atoms with E-state index >= 15 is 0 Å². The van der Waals surface area contributed by atoms with Crippen LogP contribution in [0.25, 0.3) is 0 Å². The number of esters is 2. The SMILES string of the molecule is CCCCCCCCOC(=O)CSc1nc(C(=O)OC)cc(=O)[nH]1. The van der Waals surface area contributed by atoms with Gasteiger partial charge < -0.3 is 14.5 Å². The maximum Gasteiger partial charge on any atom is 0.356 e. The average Bonchev–Trinajstić information content (AvgIpc) is 2.58. The topological polar surface area (TPSA) is 98.3 Å². The molecule has 0 spiro atoms. The lowest BCUT2D eigenvalue weighted by Crippen LogP contribution is -2.15. The number of aromatic amines is 1. The van der Waals surface area contributed by atoms with E-state index in [2.05, 4.69) is 21.6 Å². The van der Waals surface area contributed by atoms with Gasteiger partial charge >= 0.3 is 11.9 Å². The van der Waals surface area contributed by atoms with Gasteiger partial charge in [0.1, 0.15) is 0 Å². The fourth-order valence-electron chi connectivity index (χ4n) is 1.95. The summed E-state index contributed by atoms with van der Waals surface area (Å²) in [6.45, 7) is 2.57. The maximum atomic E-state index is 11.7. The minimum absolute atomic E-state index is 0.0173. The van der Waals surface area contributed by atoms with E-state index in [0.717, 1.165) is 37.1 Å². The molecule has 1 rings (SSSR count). The molecule has 24 heavy (non-hydrogen) atoms. The van der Waals surface area contributed by atoms with Gasteiger partial charge in [-0.1, -0.05) is 50.8 Å². The Bertz CT molecular complexity index is 588. The molecule has 0 radical (unpaired) electrons. The molecule has 0 aliphatic rings. The number of H-pyrrole nitrogens is 1. The highest BCUT2D eigenvalue weighted by Gasteiger charge is 2.12. The Kier molecular flexibility index (Phi) is 9.83. The quantitative estimate of drug-likeness (QED) is 0.281. The third kappa shape index (κ3) is 8.14. The zero-order chi connectivity index (χ0) is 17.8. The number of nitrogens with zero attached hydrogens (tertiary/aromatic N) is 1. The van der Waals surface area contributed by atoms with Crippen LogP contribution in [0.4, 0.5) is 0 Å². The summed E-state index contributed by atoms with van der Waals surface area (Å²) >= 11 is 1.01. The van der Waals surface area contributed by atoms with Crippen molar-refractivity contribution in [3.05, 3.63) is 22.1 Å². The van der Waals surface area contributed by atoms with Crippen molar-refractivity contribution in [2.24, 2.45) is 0 Å². The van der Waals surface area contributed by atoms with Crippen LogP contribution in [-0.2, 0) is 14.3 Å². The molecule has 0 amide bonds. The minimum Gasteiger partial charge on any atom is -0.465 e. The third-order valence-electron chi connectivity index (χ3n) is 3.20. The Morgan fingerprint density at radius 1 is 1.21 bits per heavy atom. The van der Waals surface area contributed by atoms with Crippen molar-refractivity contribution in [1.29, 1.82) is 0 Å². The van der Waals surface area contributed by atoms with Crippen molar-refractivity contribution in [2.45, 2.75) is 50.6 Å². The van der Waals surface area contributed by atoms with Crippen LogP contribution in [0.2, 0.25) is 0 Å². The number of ether oxygens (including phenoxy) is 2. The Morgan fingerprint density at radius 3 is 2.62 bits per heavy atom. The standard InChI is InChI=1S/C16H24N2O5S/c1-3-4-5-6-7-8-9-23-14(20)11-24-16-17-12(15(21)22-2)10-13(19)18-16/h10H,3-9,11H2,1-2H3,(H,17,18,19). The van der Waals surface area contributed by atoms with Gasteiger partial charge in [0, 0.05) is 6.07 Å². The Labute approximate surface area is 145 Å². The lowest BCUT2D eigenvalue weighted by atomic mass is 10.1. The molecule has 0 atom stereocenters. The van der Waals surface area contributed by atoms with Gasteiger partial charge in [0.2, 0.25) is 0 Å². The monoisotopic (exact) mass is 356 g/mol. The molecule has 134 valence electrons. The van der Waals surface area contributed by atoms with Crippen LogP contribution in [0.5, 0.6) is 0 Å². The molecule has 0 aliphatic carbocycles. The Balaban J connectivity index is 2.30. The van der Waals surface area contributed by atoms with Crippen molar-refractivity contribution in [3.8, 4) is 0 Å². The van der Waals surface area contributed by atoms with E-state index < -0.39 is 11.5 Å². The van der Waals surface area contributed by atoms with E-state index in [1.165, 1.54) is 26.4 Å². The number of hydrogen-bond donors (Lipinski definition) is 1. The predicted molar refractivity (Wildman–Crippen MR) is 91.3 cm³/mol. The van der Waals surface area contributed by atoms with Gasteiger partial charge in [0.05, 0.1) is 19.5 Å². The molecule has 0 bridgehead atoms. The zero-order valence-electron chi connectivity index (χ0n) is 14.1. The van der Waals surface area contributed by atoms with Gasteiger partial charge in [-0.2, -0.15) is 0 Å². The molecule has 0 fully saturated rings. The molecular formula is C16H24N2O5S. The summed E-state index contributed by atoms with van der Waals surface area (Å²) in [6, 6.07) is 1.05. The highest BCUT2D eigenvalue weighted by atomic mass is 32.2. The largest absolute Gasteiger partial charge is 0.465 e. The first-order valence-electron chi connectivity index (χ1n) is 8.05. The van der Waals surface area contributed by atoms with Crippen LogP contribution in [0.15, 0.2) is 16.0 Å². The van der Waals surface area contributed by atoms with Gasteiger partial charge in [-0.3, -0.25) is 9.59 Å². The van der Waals surface area contributed by atoms with Crippen molar-refractivity contribution in [2.75, 3.05) is 19.5 Å². The Hall–Kier alpha value is -1.83. The molecule has 0 aliphatic heterocycles. The summed E-state index contributed by atoms with van der Waals surface area (Å²) in [5.74, 6) is -1.06. The first-order chi connectivity index (χ1) is 11.6. The van der Waals surface area contributed by atoms with E-state index in [1.54, 1.807) is 0 Å². The molecule has 1 N–H and O–H groups in total. The first kappa shape index (κ1) is 20.2. The lowest BCUT2D eigenvalue weighted by Gasteiger charge is -2.05. The number of nitrogens with one attached hydrogen (secondary N) is 1. The third-order valence-corrected chi connectivity index (χ3v) is 4.05. The summed E-state index contributed by atoms with van der Waals surface area (Å²) < 4.78 is 9.65. The van der Waals surface area contributed by atoms with Gasteiger partial charge in [-0.05, 0) is 6.42 Å². The number of hydrogen-bond acceptors (Lipinski definition) is 7. The normalized spacial score (nSPS) is 10.4. The summed E-state index contributed by atoms with van der Waals surface area (Å²) in [4.78, 5) is 40.9. The van der Waals surface area contributed by atoms with E-state index in [1.807, 2.05) is 0 Å². The molecule has 0 saturated heterocycles. The summed E-state index contributed by atoms with van der Waals surface area (Å²) in [5.41, 5.74) is -0.572. The molecule has 1 heterocycles. The molecular weight excluding hydrogens is 332 g/mol. The van der Waals surface area contributed by atoms with E-state index in [4.69, 9.17) is 4.74 Å². The molecule has 8 heteroatoms. The number of methoxy groups -OCH3 is 1. The summed E-state index contributed by atoms with van der Waals surface area (Å²) in [5, 5.41) is 0.180. The molecule has 1 aromatic heterocycles. The van der Waals surface area contributed by atoms with E-state index in [0.29, 0.717) is 6.61 Å². The first-order valence-corrected chi connectivity index (χ1v) is 9.03. The van der Waals surface area contributed by atoms with Crippen LogP contribution in [-0.4, -0.2) is 41.4 Å². The van der Waals surface area contributed by atoms with Crippen molar-refractivity contribution in [3.63, 3.8) is 0 Å². The number of rotatable bonds is 11. The van der Waals surface area contributed by atoms with Crippen LogP contribution in [0.1, 0.15) is 55.9 Å². The number of thioether (sulfide) groups is 1. The van der Waals surface area contributed by atoms with E-state index in [9.17, 15) is 14.4 Å². The number of unbranched alkanes of at least 4 members (excludes halogenated alkanes) is 5.